The van der Waals surface area contributed by atoms with Crippen LogP contribution in [-0.2, 0) is 37.4 Å². The number of ether oxygens (including phenoxy) is 4. The fourth-order valence-electron chi connectivity index (χ4n) is 1.32. The molecule has 29 heavy (non-hydrogen) atoms. The molecular weight excluding hydrogens is 417 g/mol. The summed E-state index contributed by atoms with van der Waals surface area (Å²) in [4.78, 5) is 34.2. The minimum Gasteiger partial charge on any atom is -0.480 e. The van der Waals surface area contributed by atoms with E-state index < -0.39 is 52.1 Å². The first-order valence-electron chi connectivity index (χ1n) is 8.40. The van der Waals surface area contributed by atoms with Crippen LogP contribution < -0.4 is 5.73 Å². The third kappa shape index (κ3) is 13.3. The summed E-state index contributed by atoms with van der Waals surface area (Å²) in [6.07, 6.45) is -1.06. The number of aliphatic carboxylic acids is 1. The van der Waals surface area contributed by atoms with Gasteiger partial charge in [-0.2, -0.15) is 0 Å². The molecule has 15 heteroatoms. The van der Waals surface area contributed by atoms with Crippen LogP contribution in [0.2, 0.25) is 0 Å². The lowest BCUT2D eigenvalue weighted by atomic mass is 10.5. The molecule has 0 heterocycles. The number of carbonyl (C=O) groups excluding carboxylic acids is 2. The lowest BCUT2D eigenvalue weighted by Gasteiger charge is -2.18. The van der Waals surface area contributed by atoms with Gasteiger partial charge >= 0.3 is 26.0 Å². The van der Waals surface area contributed by atoms with Crippen molar-refractivity contribution in [3.8, 4) is 0 Å². The van der Waals surface area contributed by atoms with Crippen LogP contribution in [0.15, 0.2) is 4.76 Å². The third-order valence-electron chi connectivity index (χ3n) is 2.62. The zero-order valence-electron chi connectivity index (χ0n) is 16.4. The van der Waals surface area contributed by atoms with Crippen molar-refractivity contribution in [2.45, 2.75) is 26.7 Å². The Morgan fingerprint density at radius 2 is 1.41 bits per heavy atom. The minimum atomic E-state index is -4.47. The minimum absolute atomic E-state index is 0.103. The zero-order chi connectivity index (χ0) is 22.3. The smallest absolute Gasteiger partial charge is 0.480 e. The van der Waals surface area contributed by atoms with Crippen molar-refractivity contribution in [1.29, 1.82) is 0 Å². The fraction of sp³-hybridized carbons (Fsp3) is 0.714. The van der Waals surface area contributed by atoms with E-state index >= 15 is 0 Å². The monoisotopic (exact) mass is 443 g/mol. The first kappa shape index (κ1) is 26.4. The van der Waals surface area contributed by atoms with E-state index in [1.165, 1.54) is 7.05 Å². The van der Waals surface area contributed by atoms with Gasteiger partial charge in [-0.25, -0.2) is 14.2 Å². The number of guanidine groups is 1. The van der Waals surface area contributed by atoms with E-state index in [0.717, 1.165) is 4.90 Å². The largest absolute Gasteiger partial charge is 0.510 e. The zero-order valence-corrected chi connectivity index (χ0v) is 17.3. The first-order chi connectivity index (χ1) is 13.6. The number of hydrogen-bond donors (Lipinski definition) is 2. The number of carbonyl (C=O) groups is 3. The van der Waals surface area contributed by atoms with Crippen molar-refractivity contribution in [1.82, 2.24) is 4.90 Å². The average molecular weight is 443 g/mol. The van der Waals surface area contributed by atoms with Gasteiger partial charge in [0.2, 0.25) is 19.5 Å². The van der Waals surface area contributed by atoms with Crippen LogP contribution >= 0.6 is 7.75 Å². The summed E-state index contributed by atoms with van der Waals surface area (Å²) in [6, 6.07) is 0. The maximum Gasteiger partial charge on any atom is 0.510 e. The Kier molecular flexibility index (Phi) is 13.2. The van der Waals surface area contributed by atoms with Crippen LogP contribution in [0.5, 0.6) is 0 Å². The van der Waals surface area contributed by atoms with Crippen molar-refractivity contribution in [2.75, 3.05) is 40.4 Å². The number of carboxylic acid groups (broad SMARTS) is 1. The Morgan fingerprint density at radius 1 is 0.966 bits per heavy atom. The Hall–Kier alpha value is -2.57. The van der Waals surface area contributed by atoms with Crippen LogP contribution in [0.4, 0.5) is 9.59 Å². The quantitative estimate of drug-likeness (QED) is 0.137. The summed E-state index contributed by atoms with van der Waals surface area (Å²) >= 11 is 0. The molecule has 0 saturated carbocycles. The molecule has 14 nitrogen and oxygen atoms in total. The Labute approximate surface area is 167 Å². The number of likely N-dealkylation sites (N-methyl/N-ethyl adjacent to an activating group) is 1. The molecule has 0 radical (unpaired) electrons. The van der Waals surface area contributed by atoms with Gasteiger partial charge in [0.1, 0.15) is 6.54 Å². The highest BCUT2D eigenvalue weighted by Crippen LogP contribution is 2.49. The summed E-state index contributed by atoms with van der Waals surface area (Å²) in [5.41, 5.74) is 5.56. The van der Waals surface area contributed by atoms with Crippen LogP contribution in [-0.4, -0.2) is 74.6 Å². The highest BCUT2D eigenvalue weighted by Gasteiger charge is 2.28. The SMILES string of the molecule is CCCOC(=O)OCOP(=O)(/N=C(\N)N(C)CC(=O)O)OCOC(=O)OCCC. The van der Waals surface area contributed by atoms with Crippen molar-refractivity contribution in [3.63, 3.8) is 0 Å². The molecule has 0 aromatic carbocycles. The number of nitrogens with two attached hydrogens (primary N) is 1. The third-order valence-corrected chi connectivity index (χ3v) is 3.94. The molecule has 0 fully saturated rings. The molecule has 0 aliphatic rings. The second-order valence-corrected chi connectivity index (χ2v) is 6.81. The van der Waals surface area contributed by atoms with Crippen molar-refractivity contribution in [2.24, 2.45) is 10.5 Å². The van der Waals surface area contributed by atoms with E-state index in [2.05, 4.69) is 23.7 Å². The first-order valence-corrected chi connectivity index (χ1v) is 9.89. The summed E-state index contributed by atoms with van der Waals surface area (Å²) in [5.74, 6) is -1.75. The van der Waals surface area contributed by atoms with E-state index in [1.807, 2.05) is 0 Å². The van der Waals surface area contributed by atoms with Gasteiger partial charge in [0.15, 0.2) is 0 Å². The molecule has 0 aromatic rings. The molecule has 0 aromatic heterocycles. The Balaban J connectivity index is 4.96. The lowest BCUT2D eigenvalue weighted by molar-refractivity contribution is -0.137. The van der Waals surface area contributed by atoms with Crippen molar-refractivity contribution in [3.05, 3.63) is 0 Å². The number of hydrogen-bond acceptors (Lipinski definition) is 10. The van der Waals surface area contributed by atoms with E-state index in [-0.39, 0.29) is 13.2 Å². The predicted molar refractivity (Wildman–Crippen MR) is 96.8 cm³/mol. The van der Waals surface area contributed by atoms with Crippen LogP contribution in [0.1, 0.15) is 26.7 Å². The number of carboxylic acids is 1. The van der Waals surface area contributed by atoms with E-state index in [1.54, 1.807) is 13.8 Å². The predicted octanol–water partition coefficient (Wildman–Crippen LogP) is 1.50. The molecule has 168 valence electrons. The Bertz CT molecular complexity index is 584. The molecule has 0 bridgehead atoms. The molecule has 0 saturated heterocycles. The molecular formula is C14H26N3O11P. The molecule has 0 aliphatic heterocycles. The topological polar surface area (TPSA) is 186 Å². The van der Waals surface area contributed by atoms with Crippen LogP contribution in [0, 0.1) is 0 Å². The van der Waals surface area contributed by atoms with Crippen LogP contribution in [0.25, 0.3) is 0 Å². The van der Waals surface area contributed by atoms with Crippen molar-refractivity contribution < 1.29 is 52.1 Å². The fourth-order valence-corrected chi connectivity index (χ4v) is 2.28. The Morgan fingerprint density at radius 3 is 1.79 bits per heavy atom. The molecule has 0 amide bonds. The van der Waals surface area contributed by atoms with Gasteiger partial charge in [-0.15, -0.1) is 4.76 Å². The highest BCUT2D eigenvalue weighted by atomic mass is 31.2. The normalized spacial score (nSPS) is 11.5. The highest BCUT2D eigenvalue weighted by molar-refractivity contribution is 7.52. The molecule has 0 spiro atoms. The van der Waals surface area contributed by atoms with E-state index in [9.17, 15) is 18.9 Å². The lowest BCUT2D eigenvalue weighted by Crippen LogP contribution is -2.37. The summed E-state index contributed by atoms with van der Waals surface area (Å²) in [6.45, 7) is 1.40. The second kappa shape index (κ2) is 14.4. The average Bonchev–Trinajstić information content (AvgIpc) is 2.64. The maximum absolute atomic E-state index is 12.7. The van der Waals surface area contributed by atoms with Gasteiger partial charge in [-0.05, 0) is 12.8 Å². The second-order valence-electron chi connectivity index (χ2n) is 5.16. The summed E-state index contributed by atoms with van der Waals surface area (Å²) in [5, 5.41) is 8.75. The van der Waals surface area contributed by atoms with Gasteiger partial charge in [0.25, 0.3) is 0 Å². The van der Waals surface area contributed by atoms with Gasteiger partial charge in [0, 0.05) is 7.05 Å². The van der Waals surface area contributed by atoms with Gasteiger partial charge in [-0.1, -0.05) is 13.8 Å². The van der Waals surface area contributed by atoms with E-state index in [4.69, 9.17) is 19.9 Å². The molecule has 0 rings (SSSR count). The summed E-state index contributed by atoms with van der Waals surface area (Å²) < 4.78 is 44.1. The van der Waals surface area contributed by atoms with Gasteiger partial charge < -0.3 is 34.7 Å². The number of nitrogens with zero attached hydrogens (tertiary/aromatic N) is 2. The van der Waals surface area contributed by atoms with Gasteiger partial charge in [-0.3, -0.25) is 13.8 Å². The van der Waals surface area contributed by atoms with Crippen molar-refractivity contribution >= 4 is 32.0 Å². The van der Waals surface area contributed by atoms with Gasteiger partial charge in [0.05, 0.1) is 13.2 Å². The molecule has 0 unspecified atom stereocenters. The standard InChI is InChI=1S/C14H26N3O11P/c1-4-6-23-13(20)25-9-27-29(22,16-12(15)17(3)8-11(18)19)28-10-26-14(21)24-7-5-2/h4-10H2,1-3H3,(H,18,19)(H2,15,16,22). The number of rotatable bonds is 13. The molecule has 0 aliphatic carbocycles. The van der Waals surface area contributed by atoms with E-state index in [0.29, 0.717) is 12.8 Å². The van der Waals surface area contributed by atoms with Crippen LogP contribution in [0.3, 0.4) is 0 Å². The molecule has 0 atom stereocenters. The molecule has 3 N–H and O–H groups in total. The summed E-state index contributed by atoms with van der Waals surface area (Å²) in [7, 11) is -3.22. The maximum atomic E-state index is 12.7.